The van der Waals surface area contributed by atoms with Crippen LogP contribution in [0.3, 0.4) is 0 Å². The summed E-state index contributed by atoms with van der Waals surface area (Å²) >= 11 is 0. The summed E-state index contributed by atoms with van der Waals surface area (Å²) in [7, 11) is 0. The molecular formula is C13H10F3NO3. The molecule has 7 heteroatoms. The molecule has 1 aromatic heterocycles. The first-order chi connectivity index (χ1) is 9.36. The van der Waals surface area contributed by atoms with Gasteiger partial charge in [-0.3, -0.25) is 4.79 Å². The molecule has 0 aliphatic heterocycles. The lowest BCUT2D eigenvalue weighted by atomic mass is 10.0. The number of benzene rings is 1. The molecule has 4 nitrogen and oxygen atoms in total. The number of hydrogen-bond acceptors (Lipinski definition) is 3. The van der Waals surface area contributed by atoms with Crippen molar-refractivity contribution in [3.8, 4) is 0 Å². The van der Waals surface area contributed by atoms with Crippen LogP contribution in [0.15, 0.2) is 34.9 Å². The third-order valence-electron chi connectivity index (χ3n) is 2.59. The van der Waals surface area contributed by atoms with Crippen molar-refractivity contribution in [2.24, 2.45) is 0 Å². The third kappa shape index (κ3) is 3.37. The van der Waals surface area contributed by atoms with Gasteiger partial charge in [0.25, 0.3) is 0 Å². The zero-order valence-electron chi connectivity index (χ0n) is 10.1. The molecule has 1 heterocycles. The molecule has 0 radical (unpaired) electrons. The van der Waals surface area contributed by atoms with Crippen LogP contribution in [0.4, 0.5) is 13.2 Å². The van der Waals surface area contributed by atoms with Crippen LogP contribution in [-0.4, -0.2) is 16.1 Å². The van der Waals surface area contributed by atoms with Crippen molar-refractivity contribution in [1.29, 1.82) is 0 Å². The Hall–Kier alpha value is -2.31. The van der Waals surface area contributed by atoms with E-state index in [9.17, 15) is 18.0 Å². The van der Waals surface area contributed by atoms with Crippen LogP contribution in [0.25, 0.3) is 0 Å². The van der Waals surface area contributed by atoms with Crippen molar-refractivity contribution in [3.05, 3.63) is 53.2 Å². The van der Waals surface area contributed by atoms with E-state index in [1.54, 1.807) is 0 Å². The molecule has 20 heavy (non-hydrogen) atoms. The lowest BCUT2D eigenvalue weighted by molar-refractivity contribution is -0.138. The SMILES string of the molecule is O=C(O)Cc1cnc(Cc2ccccc2C(F)(F)F)o1. The maximum absolute atomic E-state index is 12.8. The van der Waals surface area contributed by atoms with Gasteiger partial charge in [-0.25, -0.2) is 4.98 Å². The van der Waals surface area contributed by atoms with E-state index in [2.05, 4.69) is 4.98 Å². The van der Waals surface area contributed by atoms with Crippen molar-refractivity contribution in [2.45, 2.75) is 19.0 Å². The monoisotopic (exact) mass is 285 g/mol. The molecule has 1 aromatic carbocycles. The van der Waals surface area contributed by atoms with Gasteiger partial charge in [0.2, 0.25) is 0 Å². The van der Waals surface area contributed by atoms with Gasteiger partial charge < -0.3 is 9.52 Å². The number of aliphatic carboxylic acids is 1. The summed E-state index contributed by atoms with van der Waals surface area (Å²) in [5.41, 5.74) is -0.721. The molecule has 0 bridgehead atoms. The molecule has 2 aromatic rings. The summed E-state index contributed by atoms with van der Waals surface area (Å²) in [4.78, 5) is 14.3. The van der Waals surface area contributed by atoms with Crippen LogP contribution in [0, 0.1) is 0 Å². The zero-order valence-corrected chi connectivity index (χ0v) is 10.1. The number of rotatable bonds is 4. The Balaban J connectivity index is 2.22. The largest absolute Gasteiger partial charge is 0.481 e. The Morgan fingerprint density at radius 3 is 2.65 bits per heavy atom. The summed E-state index contributed by atoms with van der Waals surface area (Å²) in [5, 5.41) is 8.58. The molecule has 0 aliphatic rings. The molecule has 0 fully saturated rings. The highest BCUT2D eigenvalue weighted by Crippen LogP contribution is 2.32. The molecule has 1 N–H and O–H groups in total. The molecule has 0 unspecified atom stereocenters. The second kappa shape index (κ2) is 5.36. The smallest absolute Gasteiger partial charge is 0.416 e. The van der Waals surface area contributed by atoms with Crippen molar-refractivity contribution in [2.75, 3.05) is 0 Å². The van der Waals surface area contributed by atoms with Crippen LogP contribution in [-0.2, 0) is 23.8 Å². The van der Waals surface area contributed by atoms with Gasteiger partial charge in [-0.1, -0.05) is 18.2 Å². The third-order valence-corrected chi connectivity index (χ3v) is 2.59. The number of nitrogens with zero attached hydrogens (tertiary/aromatic N) is 1. The second-order valence-electron chi connectivity index (χ2n) is 4.12. The normalized spacial score (nSPS) is 11.6. The minimum absolute atomic E-state index is 0.0312. The number of carboxylic acid groups (broad SMARTS) is 1. The van der Waals surface area contributed by atoms with Gasteiger partial charge in [0.15, 0.2) is 5.89 Å². The Bertz CT molecular complexity index is 619. The lowest BCUT2D eigenvalue weighted by Gasteiger charge is -2.11. The average molecular weight is 285 g/mol. The highest BCUT2D eigenvalue weighted by molar-refractivity contribution is 5.69. The Morgan fingerprint density at radius 2 is 2.00 bits per heavy atom. The number of aromatic nitrogens is 1. The lowest BCUT2D eigenvalue weighted by Crippen LogP contribution is -2.09. The topological polar surface area (TPSA) is 63.3 Å². The quantitative estimate of drug-likeness (QED) is 0.938. The first-order valence-corrected chi connectivity index (χ1v) is 5.66. The second-order valence-corrected chi connectivity index (χ2v) is 4.12. The van der Waals surface area contributed by atoms with E-state index in [1.165, 1.54) is 24.4 Å². The Kier molecular flexibility index (Phi) is 3.78. The molecule has 0 aliphatic carbocycles. The molecule has 2 rings (SSSR count). The number of alkyl halides is 3. The summed E-state index contributed by atoms with van der Waals surface area (Å²) in [6.07, 6.45) is -3.74. The van der Waals surface area contributed by atoms with Gasteiger partial charge in [-0.15, -0.1) is 0 Å². The van der Waals surface area contributed by atoms with Crippen molar-refractivity contribution >= 4 is 5.97 Å². The number of halogens is 3. The van der Waals surface area contributed by atoms with Crippen molar-refractivity contribution < 1.29 is 27.5 Å². The van der Waals surface area contributed by atoms with Gasteiger partial charge in [-0.2, -0.15) is 13.2 Å². The van der Waals surface area contributed by atoms with Gasteiger partial charge in [0, 0.05) is 6.42 Å². The molecule has 0 atom stereocenters. The minimum atomic E-state index is -4.45. The number of carbonyl (C=O) groups is 1. The predicted molar refractivity (Wildman–Crippen MR) is 62.1 cm³/mol. The summed E-state index contributed by atoms with van der Waals surface area (Å²) in [6, 6.07) is 5.11. The molecule has 0 spiro atoms. The number of hydrogen-bond donors (Lipinski definition) is 1. The Morgan fingerprint density at radius 1 is 1.30 bits per heavy atom. The highest BCUT2D eigenvalue weighted by Gasteiger charge is 2.33. The van der Waals surface area contributed by atoms with E-state index >= 15 is 0 Å². The standard InChI is InChI=1S/C13H10F3NO3/c14-13(15,16)10-4-2-1-3-8(10)5-11-17-7-9(20-11)6-12(18)19/h1-4,7H,5-6H2,(H,18,19). The highest BCUT2D eigenvalue weighted by atomic mass is 19.4. The van der Waals surface area contributed by atoms with Gasteiger partial charge in [0.1, 0.15) is 12.2 Å². The van der Waals surface area contributed by atoms with E-state index < -0.39 is 17.7 Å². The number of oxazole rings is 1. The predicted octanol–water partition coefficient (Wildman–Crippen LogP) is 2.91. The zero-order chi connectivity index (χ0) is 14.8. The molecule has 0 amide bonds. The van der Waals surface area contributed by atoms with Crippen LogP contribution in [0.1, 0.15) is 22.8 Å². The molecule has 0 saturated carbocycles. The van der Waals surface area contributed by atoms with E-state index in [-0.39, 0.29) is 30.1 Å². The van der Waals surface area contributed by atoms with Crippen LogP contribution >= 0.6 is 0 Å². The molecule has 106 valence electrons. The van der Waals surface area contributed by atoms with E-state index in [0.29, 0.717) is 0 Å². The first kappa shape index (κ1) is 14.1. The van der Waals surface area contributed by atoms with Gasteiger partial charge in [-0.05, 0) is 11.6 Å². The maximum Gasteiger partial charge on any atom is 0.416 e. The molecular weight excluding hydrogens is 275 g/mol. The van der Waals surface area contributed by atoms with Crippen LogP contribution < -0.4 is 0 Å². The maximum atomic E-state index is 12.8. The van der Waals surface area contributed by atoms with Crippen LogP contribution in [0.5, 0.6) is 0 Å². The van der Waals surface area contributed by atoms with Gasteiger partial charge >= 0.3 is 12.1 Å². The van der Waals surface area contributed by atoms with Crippen molar-refractivity contribution in [1.82, 2.24) is 4.98 Å². The van der Waals surface area contributed by atoms with Crippen LogP contribution in [0.2, 0.25) is 0 Å². The Labute approximate surface area is 111 Å². The van der Waals surface area contributed by atoms with Gasteiger partial charge in [0.05, 0.1) is 11.8 Å². The van der Waals surface area contributed by atoms with E-state index in [1.807, 2.05) is 0 Å². The fourth-order valence-corrected chi connectivity index (χ4v) is 1.77. The van der Waals surface area contributed by atoms with E-state index in [4.69, 9.17) is 9.52 Å². The number of carboxylic acids is 1. The summed E-state index contributed by atoms with van der Waals surface area (Å²) in [6.45, 7) is 0. The minimum Gasteiger partial charge on any atom is -0.481 e. The fraction of sp³-hybridized carbons (Fsp3) is 0.231. The first-order valence-electron chi connectivity index (χ1n) is 5.66. The van der Waals surface area contributed by atoms with Crippen molar-refractivity contribution in [3.63, 3.8) is 0 Å². The average Bonchev–Trinajstić information content (AvgIpc) is 2.75. The fourth-order valence-electron chi connectivity index (χ4n) is 1.77. The summed E-state index contributed by atoms with van der Waals surface area (Å²) < 4.78 is 43.5. The molecule has 0 saturated heterocycles. The summed E-state index contributed by atoms with van der Waals surface area (Å²) in [5.74, 6) is -0.932. The van der Waals surface area contributed by atoms with E-state index in [0.717, 1.165) is 6.07 Å².